The minimum absolute atomic E-state index is 0.100. The molecule has 1 atom stereocenters. The molecule has 1 unspecified atom stereocenters. The zero-order valence-corrected chi connectivity index (χ0v) is 21.1. The van der Waals surface area contributed by atoms with Gasteiger partial charge in [-0.2, -0.15) is 9.36 Å². The van der Waals surface area contributed by atoms with Crippen molar-refractivity contribution >= 4 is 45.6 Å². The summed E-state index contributed by atoms with van der Waals surface area (Å²) >= 11 is 7.24. The van der Waals surface area contributed by atoms with Crippen LogP contribution in [0, 0.1) is 5.92 Å². The lowest BCUT2D eigenvalue weighted by Gasteiger charge is -2.38. The molecule has 0 saturated heterocycles. The third-order valence-corrected chi connectivity index (χ3v) is 7.05. The van der Waals surface area contributed by atoms with Crippen molar-refractivity contribution in [3.8, 4) is 0 Å². The second kappa shape index (κ2) is 11.8. The van der Waals surface area contributed by atoms with Gasteiger partial charge < -0.3 is 15.0 Å². The lowest BCUT2D eigenvalue weighted by atomic mass is 9.90. The second-order valence-electron chi connectivity index (χ2n) is 8.99. The summed E-state index contributed by atoms with van der Waals surface area (Å²) in [5, 5.41) is 4.39. The fourth-order valence-electron chi connectivity index (χ4n) is 4.54. The molecule has 3 rings (SSSR count). The Kier molecular flexibility index (Phi) is 9.17. The minimum atomic E-state index is -0.185. The first-order chi connectivity index (χ1) is 15.4. The molecule has 32 heavy (non-hydrogen) atoms. The van der Waals surface area contributed by atoms with Gasteiger partial charge >= 0.3 is 5.97 Å². The predicted molar refractivity (Wildman–Crippen MR) is 133 cm³/mol. The van der Waals surface area contributed by atoms with Crippen LogP contribution >= 0.6 is 23.1 Å². The molecule has 1 aromatic carbocycles. The Hall–Kier alpha value is -1.86. The molecule has 0 aliphatic heterocycles. The molecule has 176 valence electrons. The van der Waals surface area contributed by atoms with E-state index in [1.807, 2.05) is 0 Å². The van der Waals surface area contributed by atoms with E-state index in [4.69, 9.17) is 16.3 Å². The normalized spacial score (nSPS) is 15.6. The van der Waals surface area contributed by atoms with Gasteiger partial charge in [-0.15, -0.1) is 0 Å². The lowest BCUT2D eigenvalue weighted by Crippen LogP contribution is -2.39. The summed E-state index contributed by atoms with van der Waals surface area (Å²) in [6.07, 6.45) is 7.56. The zero-order chi connectivity index (χ0) is 23.1. The summed E-state index contributed by atoms with van der Waals surface area (Å²) in [4.78, 5) is 18.8. The smallest absolute Gasteiger partial charge is 0.306 e. The van der Waals surface area contributed by atoms with Crippen molar-refractivity contribution in [1.82, 2.24) is 9.36 Å². The van der Waals surface area contributed by atoms with Crippen molar-refractivity contribution in [1.29, 1.82) is 0 Å². The van der Waals surface area contributed by atoms with E-state index in [0.717, 1.165) is 24.2 Å². The maximum absolute atomic E-state index is 12.0. The number of carbonyl (C=O) groups excluding carboxylic acids is 1. The molecule has 0 spiro atoms. The number of ether oxygens (including phenoxy) is 1. The maximum atomic E-state index is 12.0. The van der Waals surface area contributed by atoms with Crippen LogP contribution in [0.4, 0.5) is 16.5 Å². The van der Waals surface area contributed by atoms with Crippen LogP contribution in [0.15, 0.2) is 18.2 Å². The number of carbonyl (C=O) groups is 1. The number of benzene rings is 1. The average Bonchev–Trinajstić information content (AvgIpc) is 3.20. The first-order valence-electron chi connectivity index (χ1n) is 11.6. The molecule has 2 aromatic rings. The molecule has 1 aliphatic rings. The summed E-state index contributed by atoms with van der Waals surface area (Å²) in [6, 6.07) is 7.07. The SMILES string of the molecule is CCC(CC(=O)OC)c1ccc(N(CC(C)C)C2CCCCC2)c(Nc2nc(Cl)ns2)c1. The van der Waals surface area contributed by atoms with E-state index in [2.05, 4.69) is 58.5 Å². The summed E-state index contributed by atoms with van der Waals surface area (Å²) in [7, 11) is 1.44. The first-order valence-corrected chi connectivity index (χ1v) is 12.8. The number of anilines is 3. The van der Waals surface area contributed by atoms with Crippen LogP contribution in [-0.2, 0) is 9.53 Å². The number of methoxy groups -OCH3 is 1. The predicted octanol–water partition coefficient (Wildman–Crippen LogP) is 6.79. The summed E-state index contributed by atoms with van der Waals surface area (Å²) < 4.78 is 9.03. The average molecular weight is 479 g/mol. The van der Waals surface area contributed by atoms with Gasteiger partial charge in [-0.25, -0.2) is 0 Å². The van der Waals surface area contributed by atoms with E-state index < -0.39 is 0 Å². The fraction of sp³-hybridized carbons (Fsp3) is 0.625. The van der Waals surface area contributed by atoms with Crippen LogP contribution in [-0.4, -0.2) is 35.0 Å². The molecule has 6 nitrogen and oxygen atoms in total. The number of nitrogens with one attached hydrogen (secondary N) is 1. The van der Waals surface area contributed by atoms with Gasteiger partial charge in [-0.3, -0.25) is 4.79 Å². The quantitative estimate of drug-likeness (QED) is 0.379. The molecule has 0 bridgehead atoms. The molecule has 1 aliphatic carbocycles. The summed E-state index contributed by atoms with van der Waals surface area (Å²) in [5.41, 5.74) is 3.28. The van der Waals surface area contributed by atoms with E-state index in [9.17, 15) is 4.79 Å². The third kappa shape index (κ3) is 6.58. The van der Waals surface area contributed by atoms with Gasteiger partial charge in [0.05, 0.1) is 24.9 Å². The zero-order valence-electron chi connectivity index (χ0n) is 19.6. The maximum Gasteiger partial charge on any atom is 0.306 e. The number of aromatic nitrogens is 2. The highest BCUT2D eigenvalue weighted by atomic mass is 35.5. The summed E-state index contributed by atoms with van der Waals surface area (Å²) in [6.45, 7) is 7.64. The van der Waals surface area contributed by atoms with Crippen LogP contribution in [0.5, 0.6) is 0 Å². The van der Waals surface area contributed by atoms with Crippen molar-refractivity contribution in [2.75, 3.05) is 23.9 Å². The van der Waals surface area contributed by atoms with Gasteiger partial charge in [0.25, 0.3) is 0 Å². The highest BCUT2D eigenvalue weighted by molar-refractivity contribution is 7.10. The highest BCUT2D eigenvalue weighted by Gasteiger charge is 2.25. The number of nitrogens with zero attached hydrogens (tertiary/aromatic N) is 3. The lowest BCUT2D eigenvalue weighted by molar-refractivity contribution is -0.141. The Morgan fingerprint density at radius 1 is 1.31 bits per heavy atom. The van der Waals surface area contributed by atoms with E-state index in [-0.39, 0.29) is 17.2 Å². The Morgan fingerprint density at radius 3 is 2.66 bits per heavy atom. The molecular formula is C24H35ClN4O2S. The van der Waals surface area contributed by atoms with Crippen LogP contribution in [0.25, 0.3) is 0 Å². The molecule has 1 N–H and O–H groups in total. The minimum Gasteiger partial charge on any atom is -0.469 e. The van der Waals surface area contributed by atoms with Crippen LogP contribution in [0.1, 0.15) is 77.2 Å². The van der Waals surface area contributed by atoms with Gasteiger partial charge in [-0.1, -0.05) is 46.1 Å². The molecule has 1 saturated carbocycles. The number of esters is 1. The van der Waals surface area contributed by atoms with Gasteiger partial charge in [0.2, 0.25) is 10.4 Å². The molecule has 1 heterocycles. The van der Waals surface area contributed by atoms with Crippen LogP contribution in [0.2, 0.25) is 5.28 Å². The van der Waals surface area contributed by atoms with Crippen molar-refractivity contribution in [2.24, 2.45) is 5.92 Å². The van der Waals surface area contributed by atoms with E-state index in [0.29, 0.717) is 23.5 Å². The molecule has 0 radical (unpaired) electrons. The Labute approximate surface area is 200 Å². The Bertz CT molecular complexity index is 883. The molecular weight excluding hydrogens is 444 g/mol. The number of halogens is 1. The Morgan fingerprint density at radius 2 is 2.06 bits per heavy atom. The van der Waals surface area contributed by atoms with Crippen molar-refractivity contribution in [3.63, 3.8) is 0 Å². The van der Waals surface area contributed by atoms with Crippen molar-refractivity contribution < 1.29 is 9.53 Å². The van der Waals surface area contributed by atoms with E-state index in [1.165, 1.54) is 56.4 Å². The van der Waals surface area contributed by atoms with Crippen molar-refractivity contribution in [3.05, 3.63) is 29.0 Å². The number of hydrogen-bond acceptors (Lipinski definition) is 7. The van der Waals surface area contributed by atoms with Gasteiger partial charge in [0.1, 0.15) is 0 Å². The Balaban J connectivity index is 2.00. The van der Waals surface area contributed by atoms with Crippen LogP contribution in [0.3, 0.4) is 0 Å². The van der Waals surface area contributed by atoms with E-state index >= 15 is 0 Å². The van der Waals surface area contributed by atoms with Gasteiger partial charge in [0, 0.05) is 24.1 Å². The van der Waals surface area contributed by atoms with Crippen LogP contribution < -0.4 is 10.2 Å². The first kappa shape index (κ1) is 24.8. The third-order valence-electron chi connectivity index (χ3n) is 6.16. The molecule has 8 heteroatoms. The topological polar surface area (TPSA) is 67.3 Å². The second-order valence-corrected chi connectivity index (χ2v) is 10.1. The number of hydrogen-bond donors (Lipinski definition) is 1. The molecule has 1 aromatic heterocycles. The standard InChI is InChI=1S/C24H35ClN4O2S/c1-5-17(14-22(30)31-4)18-11-12-21(20(13-18)26-24-27-23(25)28-32-24)29(15-16(2)3)19-9-7-6-8-10-19/h11-13,16-17,19H,5-10,14-15H2,1-4H3,(H,26,27,28). The summed E-state index contributed by atoms with van der Waals surface area (Å²) in [5.74, 6) is 0.460. The monoisotopic (exact) mass is 478 g/mol. The van der Waals surface area contributed by atoms with Gasteiger partial charge in [-0.05, 0) is 60.4 Å². The molecule has 1 fully saturated rings. The van der Waals surface area contributed by atoms with Crippen molar-refractivity contribution in [2.45, 2.75) is 77.7 Å². The van der Waals surface area contributed by atoms with E-state index in [1.54, 1.807) is 0 Å². The molecule has 0 amide bonds. The highest BCUT2D eigenvalue weighted by Crippen LogP contribution is 2.38. The fourth-order valence-corrected chi connectivity index (χ4v) is 5.27. The number of rotatable bonds is 10. The largest absolute Gasteiger partial charge is 0.469 e. The van der Waals surface area contributed by atoms with Gasteiger partial charge in [0.15, 0.2) is 0 Å².